The molecule has 1 atom stereocenters. The maximum Gasteiger partial charge on any atom is 0.302 e. The van der Waals surface area contributed by atoms with Gasteiger partial charge in [-0.25, -0.2) is 0 Å². The van der Waals surface area contributed by atoms with Gasteiger partial charge < -0.3 is 14.8 Å². The van der Waals surface area contributed by atoms with E-state index in [2.05, 4.69) is 23.5 Å². The molecular weight excluding hydrogens is 328 g/mol. The normalized spacial score (nSPS) is 15.3. The Hall–Kier alpha value is -3.00. The third kappa shape index (κ3) is 4.76. The highest BCUT2D eigenvalue weighted by Gasteiger charge is 2.20. The summed E-state index contributed by atoms with van der Waals surface area (Å²) in [5.41, 5.74) is 3.98. The lowest BCUT2D eigenvalue weighted by molar-refractivity contribution is -0.141. The molecule has 1 unspecified atom stereocenters. The van der Waals surface area contributed by atoms with Crippen LogP contribution in [0.25, 0.3) is 0 Å². The Morgan fingerprint density at radius 1 is 1.31 bits per heavy atom. The monoisotopic (exact) mass is 350 g/mol. The summed E-state index contributed by atoms with van der Waals surface area (Å²) in [6.07, 6.45) is 1.75. The second kappa shape index (κ2) is 8.39. The molecule has 0 saturated heterocycles. The van der Waals surface area contributed by atoms with Crippen molar-refractivity contribution >= 4 is 11.7 Å². The van der Waals surface area contributed by atoms with E-state index >= 15 is 0 Å². The number of fused-ring (bicyclic) bond motifs is 1. The predicted molar refractivity (Wildman–Crippen MR) is 98.9 cm³/mol. The van der Waals surface area contributed by atoms with Crippen molar-refractivity contribution in [2.45, 2.75) is 26.3 Å². The molecule has 1 aliphatic rings. The van der Waals surface area contributed by atoms with Crippen LogP contribution < -0.4 is 10.1 Å². The molecule has 0 fully saturated rings. The van der Waals surface area contributed by atoms with Gasteiger partial charge in [-0.1, -0.05) is 18.2 Å². The maximum absolute atomic E-state index is 10.8. The van der Waals surface area contributed by atoms with Gasteiger partial charge >= 0.3 is 5.97 Å². The molecule has 0 bridgehead atoms. The molecule has 0 aromatic heterocycles. The van der Waals surface area contributed by atoms with Crippen molar-refractivity contribution in [1.82, 2.24) is 0 Å². The molecule has 3 rings (SSSR count). The zero-order valence-corrected chi connectivity index (χ0v) is 14.8. The van der Waals surface area contributed by atoms with Crippen molar-refractivity contribution in [3.63, 3.8) is 0 Å². The Labute approximate surface area is 153 Å². The second-order valence-electron chi connectivity index (χ2n) is 6.49. The first-order chi connectivity index (χ1) is 12.6. The van der Waals surface area contributed by atoms with Gasteiger partial charge in [0.25, 0.3) is 0 Å². The van der Waals surface area contributed by atoms with E-state index in [0.717, 1.165) is 29.8 Å². The van der Waals surface area contributed by atoms with Crippen LogP contribution in [0.2, 0.25) is 0 Å². The third-order valence-corrected chi connectivity index (χ3v) is 4.46. The molecule has 1 aliphatic heterocycles. The van der Waals surface area contributed by atoms with Crippen LogP contribution in [0.15, 0.2) is 42.5 Å². The molecule has 1 N–H and O–H groups in total. The number of carbonyl (C=O) groups excluding carboxylic acids is 1. The molecule has 134 valence electrons. The Morgan fingerprint density at radius 3 is 2.85 bits per heavy atom. The van der Waals surface area contributed by atoms with Crippen LogP contribution in [0.3, 0.4) is 0 Å². The van der Waals surface area contributed by atoms with Gasteiger partial charge in [-0.3, -0.25) is 4.79 Å². The van der Waals surface area contributed by atoms with Gasteiger partial charge in [0.05, 0.1) is 24.8 Å². The lowest BCUT2D eigenvalue weighted by Gasteiger charge is -2.25. The molecular formula is C21H22N2O3. The van der Waals surface area contributed by atoms with Gasteiger partial charge in [0.15, 0.2) is 0 Å². The number of benzene rings is 2. The SMILES string of the molecule is CC(=O)OCCC1COc2cc(NCc3ccc(C#N)cc3)ccc2C1. The molecule has 2 aromatic rings. The van der Waals surface area contributed by atoms with Gasteiger partial charge in [-0.05, 0) is 42.2 Å². The average Bonchev–Trinajstić information content (AvgIpc) is 2.66. The van der Waals surface area contributed by atoms with Gasteiger partial charge in [0.2, 0.25) is 0 Å². The highest BCUT2D eigenvalue weighted by molar-refractivity contribution is 5.65. The Balaban J connectivity index is 1.54. The number of rotatable bonds is 6. The van der Waals surface area contributed by atoms with Crippen LogP contribution in [0, 0.1) is 17.2 Å². The molecule has 0 spiro atoms. The molecule has 0 aliphatic carbocycles. The molecule has 1 heterocycles. The van der Waals surface area contributed by atoms with Crippen molar-refractivity contribution in [2.75, 3.05) is 18.5 Å². The van der Waals surface area contributed by atoms with E-state index in [1.165, 1.54) is 12.5 Å². The van der Waals surface area contributed by atoms with E-state index in [1.54, 1.807) is 0 Å². The zero-order chi connectivity index (χ0) is 18.4. The summed E-state index contributed by atoms with van der Waals surface area (Å²) in [5.74, 6) is 1.05. The lowest BCUT2D eigenvalue weighted by atomic mass is 9.94. The molecule has 0 saturated carbocycles. The van der Waals surface area contributed by atoms with E-state index in [4.69, 9.17) is 14.7 Å². The lowest BCUT2D eigenvalue weighted by Crippen LogP contribution is -2.22. The van der Waals surface area contributed by atoms with Gasteiger partial charge in [-0.15, -0.1) is 0 Å². The topological polar surface area (TPSA) is 71.3 Å². The van der Waals surface area contributed by atoms with Crippen molar-refractivity contribution < 1.29 is 14.3 Å². The Morgan fingerprint density at radius 2 is 2.12 bits per heavy atom. The first-order valence-electron chi connectivity index (χ1n) is 8.76. The summed E-state index contributed by atoms with van der Waals surface area (Å²) >= 11 is 0. The van der Waals surface area contributed by atoms with Crippen LogP contribution in [0.1, 0.15) is 30.0 Å². The quantitative estimate of drug-likeness (QED) is 0.805. The number of nitrogens with one attached hydrogen (secondary N) is 1. The number of hydrogen-bond acceptors (Lipinski definition) is 5. The smallest absolute Gasteiger partial charge is 0.302 e. The first kappa shape index (κ1) is 17.8. The number of carbonyl (C=O) groups is 1. The highest BCUT2D eigenvalue weighted by atomic mass is 16.5. The highest BCUT2D eigenvalue weighted by Crippen LogP contribution is 2.31. The fraction of sp³-hybridized carbons (Fsp3) is 0.333. The minimum absolute atomic E-state index is 0.236. The summed E-state index contributed by atoms with van der Waals surface area (Å²) in [5, 5.41) is 12.2. The minimum Gasteiger partial charge on any atom is -0.493 e. The average molecular weight is 350 g/mol. The molecule has 2 aromatic carbocycles. The first-order valence-corrected chi connectivity index (χ1v) is 8.76. The maximum atomic E-state index is 10.8. The Kier molecular flexibility index (Phi) is 5.75. The van der Waals surface area contributed by atoms with Crippen molar-refractivity contribution in [1.29, 1.82) is 5.26 Å². The second-order valence-corrected chi connectivity index (χ2v) is 6.49. The molecule has 26 heavy (non-hydrogen) atoms. The molecule has 0 amide bonds. The number of ether oxygens (including phenoxy) is 2. The van der Waals surface area contributed by atoms with Crippen molar-refractivity contribution in [3.05, 3.63) is 59.2 Å². The van der Waals surface area contributed by atoms with E-state index in [0.29, 0.717) is 31.2 Å². The van der Waals surface area contributed by atoms with Crippen LogP contribution in [-0.4, -0.2) is 19.2 Å². The Bertz CT molecular complexity index is 809. The van der Waals surface area contributed by atoms with Gasteiger partial charge in [0.1, 0.15) is 5.75 Å². The predicted octanol–water partition coefficient (Wildman–Crippen LogP) is 3.67. The third-order valence-electron chi connectivity index (χ3n) is 4.46. The summed E-state index contributed by atoms with van der Waals surface area (Å²) in [4.78, 5) is 10.8. The number of anilines is 1. The van der Waals surface area contributed by atoms with E-state index in [9.17, 15) is 4.79 Å². The summed E-state index contributed by atoms with van der Waals surface area (Å²) in [7, 11) is 0. The van der Waals surface area contributed by atoms with Crippen LogP contribution in [0.5, 0.6) is 5.75 Å². The minimum atomic E-state index is -0.236. The van der Waals surface area contributed by atoms with E-state index < -0.39 is 0 Å². The summed E-state index contributed by atoms with van der Waals surface area (Å²) < 4.78 is 10.9. The van der Waals surface area contributed by atoms with Crippen LogP contribution in [-0.2, 0) is 22.5 Å². The van der Waals surface area contributed by atoms with E-state index in [1.807, 2.05) is 30.3 Å². The van der Waals surface area contributed by atoms with Crippen molar-refractivity contribution in [3.8, 4) is 11.8 Å². The summed E-state index contributed by atoms with van der Waals surface area (Å²) in [6.45, 7) is 3.21. The number of nitriles is 1. The number of esters is 1. The number of nitrogens with zero attached hydrogens (tertiary/aromatic N) is 1. The van der Waals surface area contributed by atoms with Gasteiger partial charge in [0, 0.05) is 31.1 Å². The largest absolute Gasteiger partial charge is 0.493 e. The molecule has 0 radical (unpaired) electrons. The summed E-state index contributed by atoms with van der Waals surface area (Å²) in [6, 6.07) is 15.8. The molecule has 5 heteroatoms. The van der Waals surface area contributed by atoms with E-state index in [-0.39, 0.29) is 5.97 Å². The van der Waals surface area contributed by atoms with Crippen LogP contribution in [0.4, 0.5) is 5.69 Å². The fourth-order valence-corrected chi connectivity index (χ4v) is 3.00. The van der Waals surface area contributed by atoms with Crippen LogP contribution >= 0.6 is 0 Å². The van der Waals surface area contributed by atoms with Crippen molar-refractivity contribution in [2.24, 2.45) is 5.92 Å². The van der Waals surface area contributed by atoms with Gasteiger partial charge in [-0.2, -0.15) is 5.26 Å². The zero-order valence-electron chi connectivity index (χ0n) is 14.8. The fourth-order valence-electron chi connectivity index (χ4n) is 3.00. The standard InChI is InChI=1S/C21H22N2O3/c1-15(24)25-9-8-18-10-19-6-7-20(11-21(19)26-14-18)23-13-17-4-2-16(12-22)3-5-17/h2-7,11,18,23H,8-10,13-14H2,1H3. The number of hydrogen-bond donors (Lipinski definition) is 1. The molecule has 5 nitrogen and oxygen atoms in total.